The highest BCUT2D eigenvalue weighted by atomic mass is 35.5. The highest BCUT2D eigenvalue weighted by Crippen LogP contribution is 2.30. The van der Waals surface area contributed by atoms with Crippen molar-refractivity contribution in [3.05, 3.63) is 53.1 Å². The summed E-state index contributed by atoms with van der Waals surface area (Å²) in [6.45, 7) is 7.27. The molecule has 1 heterocycles. The third kappa shape index (κ3) is 4.29. The first kappa shape index (κ1) is 18.5. The Balaban J connectivity index is 1.68. The standard InChI is InChI=1S/C20H24ClN3O2/c1-3-23-9-11-24(12-10-23)19-8-7-16(14-18(19)21)22-20(25)15-5-4-6-17(13-15)26-2/h4-8,13-14H,3,9-12H2,1-2H3,(H,22,25). The highest BCUT2D eigenvalue weighted by Gasteiger charge is 2.18. The number of nitrogens with one attached hydrogen (secondary N) is 1. The number of carbonyl (C=O) groups is 1. The number of nitrogens with zero attached hydrogens (tertiary/aromatic N) is 2. The van der Waals surface area contributed by atoms with Gasteiger partial charge in [0.15, 0.2) is 0 Å². The van der Waals surface area contributed by atoms with E-state index in [4.69, 9.17) is 16.3 Å². The molecule has 2 aromatic rings. The number of ether oxygens (including phenoxy) is 1. The maximum absolute atomic E-state index is 12.4. The molecule has 1 aliphatic heterocycles. The number of halogens is 1. The lowest BCUT2D eigenvalue weighted by Crippen LogP contribution is -2.46. The largest absolute Gasteiger partial charge is 0.497 e. The van der Waals surface area contributed by atoms with Crippen LogP contribution in [0.1, 0.15) is 17.3 Å². The Hall–Kier alpha value is -2.24. The quantitative estimate of drug-likeness (QED) is 0.867. The van der Waals surface area contributed by atoms with E-state index in [1.54, 1.807) is 37.4 Å². The molecule has 5 nitrogen and oxygen atoms in total. The van der Waals surface area contributed by atoms with E-state index < -0.39 is 0 Å². The van der Waals surface area contributed by atoms with Gasteiger partial charge in [-0.2, -0.15) is 0 Å². The van der Waals surface area contributed by atoms with Crippen molar-refractivity contribution in [1.29, 1.82) is 0 Å². The molecule has 0 spiro atoms. The SMILES string of the molecule is CCN1CCN(c2ccc(NC(=O)c3cccc(OC)c3)cc2Cl)CC1. The summed E-state index contributed by atoms with van der Waals surface area (Å²) in [5, 5.41) is 3.54. The number of benzene rings is 2. The Morgan fingerprint density at radius 1 is 1.15 bits per heavy atom. The van der Waals surface area contributed by atoms with E-state index in [2.05, 4.69) is 22.0 Å². The summed E-state index contributed by atoms with van der Waals surface area (Å²) in [5.41, 5.74) is 2.24. The fourth-order valence-electron chi connectivity index (χ4n) is 3.11. The molecule has 3 rings (SSSR count). The molecular formula is C20H24ClN3O2. The van der Waals surface area contributed by atoms with Crippen molar-refractivity contribution in [3.8, 4) is 5.75 Å². The van der Waals surface area contributed by atoms with Crippen molar-refractivity contribution in [2.24, 2.45) is 0 Å². The molecule has 26 heavy (non-hydrogen) atoms. The average Bonchev–Trinajstić information content (AvgIpc) is 2.68. The summed E-state index contributed by atoms with van der Waals surface area (Å²) in [4.78, 5) is 17.1. The number of piperazine rings is 1. The predicted octanol–water partition coefficient (Wildman–Crippen LogP) is 3.74. The molecule has 1 N–H and O–H groups in total. The molecule has 0 saturated carbocycles. The van der Waals surface area contributed by atoms with Crippen LogP contribution in [0.25, 0.3) is 0 Å². The molecule has 0 bridgehead atoms. The summed E-state index contributed by atoms with van der Waals surface area (Å²) in [5.74, 6) is 0.460. The summed E-state index contributed by atoms with van der Waals surface area (Å²) < 4.78 is 5.16. The van der Waals surface area contributed by atoms with E-state index in [1.165, 1.54) is 0 Å². The van der Waals surface area contributed by atoms with E-state index in [1.807, 2.05) is 12.1 Å². The summed E-state index contributed by atoms with van der Waals surface area (Å²) in [6.07, 6.45) is 0. The van der Waals surface area contributed by atoms with Crippen molar-refractivity contribution < 1.29 is 9.53 Å². The summed E-state index contributed by atoms with van der Waals surface area (Å²) in [6, 6.07) is 12.7. The molecule has 0 aliphatic carbocycles. The Bertz CT molecular complexity index is 773. The number of carbonyl (C=O) groups excluding carboxylic acids is 1. The van der Waals surface area contributed by atoms with Crippen LogP contribution in [0.2, 0.25) is 5.02 Å². The first-order chi connectivity index (χ1) is 12.6. The van der Waals surface area contributed by atoms with Crippen LogP contribution in [0.5, 0.6) is 5.75 Å². The molecule has 6 heteroatoms. The van der Waals surface area contributed by atoms with Gasteiger partial charge in [0, 0.05) is 37.4 Å². The molecule has 0 unspecified atom stereocenters. The number of rotatable bonds is 5. The van der Waals surface area contributed by atoms with Crippen LogP contribution >= 0.6 is 11.6 Å². The van der Waals surface area contributed by atoms with E-state index in [-0.39, 0.29) is 5.91 Å². The van der Waals surface area contributed by atoms with Gasteiger partial charge in [-0.3, -0.25) is 4.79 Å². The third-order valence-corrected chi connectivity index (χ3v) is 5.00. The minimum atomic E-state index is -0.190. The van der Waals surface area contributed by atoms with E-state index >= 15 is 0 Å². The van der Waals surface area contributed by atoms with Crippen molar-refractivity contribution in [1.82, 2.24) is 4.90 Å². The van der Waals surface area contributed by atoms with Gasteiger partial charge >= 0.3 is 0 Å². The van der Waals surface area contributed by atoms with E-state index in [0.717, 1.165) is 38.4 Å². The minimum absolute atomic E-state index is 0.190. The molecular weight excluding hydrogens is 350 g/mol. The highest BCUT2D eigenvalue weighted by molar-refractivity contribution is 6.33. The van der Waals surface area contributed by atoms with Gasteiger partial charge in [-0.25, -0.2) is 0 Å². The number of hydrogen-bond donors (Lipinski definition) is 1. The molecule has 1 aliphatic rings. The van der Waals surface area contributed by atoms with Crippen molar-refractivity contribution in [2.45, 2.75) is 6.92 Å². The molecule has 1 amide bonds. The Labute approximate surface area is 159 Å². The van der Waals surface area contributed by atoms with E-state index in [0.29, 0.717) is 22.0 Å². The van der Waals surface area contributed by atoms with Crippen LogP contribution in [-0.2, 0) is 0 Å². The lowest BCUT2D eigenvalue weighted by molar-refractivity contribution is 0.102. The molecule has 138 valence electrons. The number of anilines is 2. The second-order valence-corrected chi connectivity index (χ2v) is 6.68. The van der Waals surface area contributed by atoms with Crippen LogP contribution in [0, 0.1) is 0 Å². The molecule has 0 aromatic heterocycles. The molecule has 2 aromatic carbocycles. The second-order valence-electron chi connectivity index (χ2n) is 6.27. The van der Waals surface area contributed by atoms with Gasteiger partial charge in [0.25, 0.3) is 5.91 Å². The van der Waals surface area contributed by atoms with Gasteiger partial charge in [-0.1, -0.05) is 24.6 Å². The first-order valence-corrected chi connectivity index (χ1v) is 9.20. The number of amides is 1. The van der Waals surface area contributed by atoms with Gasteiger partial charge in [-0.05, 0) is 42.9 Å². The van der Waals surface area contributed by atoms with Crippen molar-refractivity contribution >= 4 is 28.9 Å². The zero-order chi connectivity index (χ0) is 18.5. The first-order valence-electron chi connectivity index (χ1n) is 8.83. The molecule has 1 saturated heterocycles. The zero-order valence-electron chi connectivity index (χ0n) is 15.2. The lowest BCUT2D eigenvalue weighted by atomic mass is 10.2. The smallest absolute Gasteiger partial charge is 0.255 e. The van der Waals surface area contributed by atoms with Crippen molar-refractivity contribution in [2.75, 3.05) is 50.1 Å². The van der Waals surface area contributed by atoms with Crippen LogP contribution in [-0.4, -0.2) is 50.6 Å². The Kier molecular flexibility index (Phi) is 6.01. The number of methoxy groups -OCH3 is 1. The van der Waals surface area contributed by atoms with Gasteiger partial charge < -0.3 is 19.9 Å². The molecule has 0 atom stereocenters. The number of hydrogen-bond acceptors (Lipinski definition) is 4. The van der Waals surface area contributed by atoms with Crippen LogP contribution in [0.15, 0.2) is 42.5 Å². The fourth-order valence-corrected chi connectivity index (χ4v) is 3.41. The van der Waals surface area contributed by atoms with Gasteiger partial charge in [0.05, 0.1) is 17.8 Å². The normalized spacial score (nSPS) is 15.0. The maximum atomic E-state index is 12.4. The van der Waals surface area contributed by atoms with Crippen LogP contribution in [0.3, 0.4) is 0 Å². The second kappa shape index (κ2) is 8.43. The monoisotopic (exact) mass is 373 g/mol. The Morgan fingerprint density at radius 3 is 2.58 bits per heavy atom. The average molecular weight is 374 g/mol. The fraction of sp³-hybridized carbons (Fsp3) is 0.350. The maximum Gasteiger partial charge on any atom is 0.255 e. The zero-order valence-corrected chi connectivity index (χ0v) is 15.9. The van der Waals surface area contributed by atoms with Gasteiger partial charge in [-0.15, -0.1) is 0 Å². The minimum Gasteiger partial charge on any atom is -0.497 e. The van der Waals surface area contributed by atoms with Crippen molar-refractivity contribution in [3.63, 3.8) is 0 Å². The predicted molar refractivity (Wildman–Crippen MR) is 107 cm³/mol. The molecule has 0 radical (unpaired) electrons. The van der Waals surface area contributed by atoms with Gasteiger partial charge in [0.2, 0.25) is 0 Å². The lowest BCUT2D eigenvalue weighted by Gasteiger charge is -2.36. The van der Waals surface area contributed by atoms with Crippen LogP contribution < -0.4 is 15.0 Å². The topological polar surface area (TPSA) is 44.8 Å². The summed E-state index contributed by atoms with van der Waals surface area (Å²) in [7, 11) is 1.58. The summed E-state index contributed by atoms with van der Waals surface area (Å²) >= 11 is 6.48. The Morgan fingerprint density at radius 2 is 1.92 bits per heavy atom. The molecule has 1 fully saturated rings. The number of likely N-dealkylation sites (N-methyl/N-ethyl adjacent to an activating group) is 1. The van der Waals surface area contributed by atoms with Gasteiger partial charge in [0.1, 0.15) is 5.75 Å². The third-order valence-electron chi connectivity index (χ3n) is 4.70. The van der Waals surface area contributed by atoms with E-state index in [9.17, 15) is 4.79 Å². The van der Waals surface area contributed by atoms with Crippen LogP contribution in [0.4, 0.5) is 11.4 Å².